The smallest absolute Gasteiger partial charge is 0.119 e. The fraction of sp³-hybridized carbons (Fsp3) is 0.222. The molecule has 0 radical (unpaired) electrons. The Balaban J connectivity index is 2.01. The van der Waals surface area contributed by atoms with Crippen molar-refractivity contribution in [2.75, 3.05) is 7.11 Å². The van der Waals surface area contributed by atoms with Gasteiger partial charge in [-0.05, 0) is 24.6 Å². The van der Waals surface area contributed by atoms with Crippen molar-refractivity contribution in [2.45, 2.75) is 20.0 Å². The summed E-state index contributed by atoms with van der Waals surface area (Å²) in [5, 5.41) is 8.51. The Labute approximate surface area is 135 Å². The number of nitrogens with two attached hydrogens (primary N) is 1. The topological polar surface area (TPSA) is 66.0 Å². The maximum Gasteiger partial charge on any atom is 0.119 e. The Kier molecular flexibility index (Phi) is 4.39. The third-order valence-electron chi connectivity index (χ3n) is 3.79. The first-order chi connectivity index (χ1) is 11.2. The third-order valence-corrected chi connectivity index (χ3v) is 3.79. The molecule has 0 bridgehead atoms. The second-order valence-electron chi connectivity index (χ2n) is 5.46. The van der Waals surface area contributed by atoms with E-state index in [4.69, 9.17) is 10.5 Å². The van der Waals surface area contributed by atoms with Crippen LogP contribution in [-0.4, -0.2) is 22.1 Å². The van der Waals surface area contributed by atoms with Gasteiger partial charge in [-0.2, -0.15) is 0 Å². The highest BCUT2D eigenvalue weighted by Crippen LogP contribution is 2.26. The Hall–Kier alpha value is -2.66. The number of ether oxygens (including phenoxy) is 1. The molecule has 1 aromatic heterocycles. The summed E-state index contributed by atoms with van der Waals surface area (Å²) >= 11 is 0. The Morgan fingerprint density at radius 1 is 1.13 bits per heavy atom. The summed E-state index contributed by atoms with van der Waals surface area (Å²) in [6.45, 7) is 3.08. The largest absolute Gasteiger partial charge is 0.497 e. The summed E-state index contributed by atoms with van der Waals surface area (Å²) in [4.78, 5) is 0. The molecule has 0 unspecified atom stereocenters. The minimum Gasteiger partial charge on any atom is -0.497 e. The SMILES string of the molecule is COc1cccc(-c2c(CN)nnn2Cc2ccc(C)cc2)c1. The monoisotopic (exact) mass is 308 g/mol. The third kappa shape index (κ3) is 3.24. The fourth-order valence-electron chi connectivity index (χ4n) is 2.55. The quantitative estimate of drug-likeness (QED) is 0.787. The Morgan fingerprint density at radius 3 is 2.61 bits per heavy atom. The summed E-state index contributed by atoms with van der Waals surface area (Å²) in [5.74, 6) is 0.800. The first kappa shape index (κ1) is 15.2. The summed E-state index contributed by atoms with van der Waals surface area (Å²) in [5.41, 5.74) is 11.0. The lowest BCUT2D eigenvalue weighted by Crippen LogP contribution is -2.06. The molecule has 2 N–H and O–H groups in total. The van der Waals surface area contributed by atoms with Gasteiger partial charge in [0.2, 0.25) is 0 Å². The zero-order valence-corrected chi connectivity index (χ0v) is 13.4. The predicted octanol–water partition coefficient (Wildman–Crippen LogP) is 2.77. The number of aryl methyl sites for hydroxylation is 1. The van der Waals surface area contributed by atoms with E-state index >= 15 is 0 Å². The van der Waals surface area contributed by atoms with E-state index in [2.05, 4.69) is 41.5 Å². The minimum atomic E-state index is 0.348. The van der Waals surface area contributed by atoms with E-state index in [1.807, 2.05) is 28.9 Å². The molecule has 2 aromatic carbocycles. The van der Waals surface area contributed by atoms with E-state index in [1.54, 1.807) is 7.11 Å². The number of rotatable bonds is 5. The molecule has 3 aromatic rings. The highest BCUT2D eigenvalue weighted by molar-refractivity contribution is 5.64. The predicted molar refractivity (Wildman–Crippen MR) is 90.2 cm³/mol. The minimum absolute atomic E-state index is 0.348. The van der Waals surface area contributed by atoms with E-state index in [1.165, 1.54) is 11.1 Å². The van der Waals surface area contributed by atoms with Gasteiger partial charge in [0, 0.05) is 12.1 Å². The normalized spacial score (nSPS) is 10.7. The number of nitrogens with zero attached hydrogens (tertiary/aromatic N) is 3. The molecular formula is C18H20N4O. The van der Waals surface area contributed by atoms with Gasteiger partial charge in [-0.3, -0.25) is 0 Å². The molecule has 0 saturated heterocycles. The van der Waals surface area contributed by atoms with Crippen LogP contribution in [0, 0.1) is 6.92 Å². The van der Waals surface area contributed by atoms with Crippen LogP contribution in [0.25, 0.3) is 11.3 Å². The van der Waals surface area contributed by atoms with Gasteiger partial charge in [-0.1, -0.05) is 47.2 Å². The van der Waals surface area contributed by atoms with Crippen LogP contribution in [0.5, 0.6) is 5.75 Å². The molecule has 5 nitrogen and oxygen atoms in total. The first-order valence-corrected chi connectivity index (χ1v) is 7.53. The van der Waals surface area contributed by atoms with Crippen LogP contribution in [0.1, 0.15) is 16.8 Å². The molecule has 0 atom stereocenters. The van der Waals surface area contributed by atoms with Gasteiger partial charge in [0.15, 0.2) is 0 Å². The molecule has 1 heterocycles. The van der Waals surface area contributed by atoms with Crippen LogP contribution in [0.15, 0.2) is 48.5 Å². The van der Waals surface area contributed by atoms with Crippen LogP contribution in [0.4, 0.5) is 0 Å². The number of aromatic nitrogens is 3. The maximum absolute atomic E-state index is 5.84. The molecule has 23 heavy (non-hydrogen) atoms. The van der Waals surface area contributed by atoms with Crippen molar-refractivity contribution in [1.82, 2.24) is 15.0 Å². The average Bonchev–Trinajstić information content (AvgIpc) is 2.99. The van der Waals surface area contributed by atoms with E-state index in [-0.39, 0.29) is 0 Å². The van der Waals surface area contributed by atoms with Crippen molar-refractivity contribution in [2.24, 2.45) is 5.73 Å². The molecule has 3 rings (SSSR count). The van der Waals surface area contributed by atoms with Gasteiger partial charge in [-0.15, -0.1) is 5.10 Å². The molecule has 118 valence electrons. The molecule has 0 aliphatic rings. The molecule has 0 aliphatic heterocycles. The van der Waals surface area contributed by atoms with Crippen molar-refractivity contribution in [1.29, 1.82) is 0 Å². The molecule has 0 saturated carbocycles. The van der Waals surface area contributed by atoms with Crippen molar-refractivity contribution < 1.29 is 4.74 Å². The van der Waals surface area contributed by atoms with E-state index < -0.39 is 0 Å². The van der Waals surface area contributed by atoms with Crippen LogP contribution in [0.2, 0.25) is 0 Å². The van der Waals surface area contributed by atoms with Gasteiger partial charge in [0.05, 0.1) is 19.3 Å². The highest BCUT2D eigenvalue weighted by atomic mass is 16.5. The number of hydrogen-bond acceptors (Lipinski definition) is 4. The van der Waals surface area contributed by atoms with E-state index in [0.717, 1.165) is 22.7 Å². The molecule has 0 fully saturated rings. The van der Waals surface area contributed by atoms with Crippen molar-refractivity contribution >= 4 is 0 Å². The van der Waals surface area contributed by atoms with Crippen molar-refractivity contribution in [3.8, 4) is 17.0 Å². The molecule has 5 heteroatoms. The Morgan fingerprint density at radius 2 is 1.91 bits per heavy atom. The van der Waals surface area contributed by atoms with E-state index in [9.17, 15) is 0 Å². The average molecular weight is 308 g/mol. The van der Waals surface area contributed by atoms with Gasteiger partial charge < -0.3 is 10.5 Å². The lowest BCUT2D eigenvalue weighted by Gasteiger charge is -2.10. The van der Waals surface area contributed by atoms with Gasteiger partial charge in [-0.25, -0.2) is 4.68 Å². The molecule has 0 spiro atoms. The van der Waals surface area contributed by atoms with Crippen molar-refractivity contribution in [3.63, 3.8) is 0 Å². The fourth-order valence-corrected chi connectivity index (χ4v) is 2.55. The van der Waals surface area contributed by atoms with Crippen LogP contribution >= 0.6 is 0 Å². The summed E-state index contributed by atoms with van der Waals surface area (Å²) < 4.78 is 7.21. The summed E-state index contributed by atoms with van der Waals surface area (Å²) in [7, 11) is 1.66. The van der Waals surface area contributed by atoms with Crippen LogP contribution in [0.3, 0.4) is 0 Å². The molecule has 0 amide bonds. The first-order valence-electron chi connectivity index (χ1n) is 7.53. The number of benzene rings is 2. The zero-order chi connectivity index (χ0) is 16.2. The van der Waals surface area contributed by atoms with Gasteiger partial charge in [0.25, 0.3) is 0 Å². The second-order valence-corrected chi connectivity index (χ2v) is 5.46. The summed E-state index contributed by atoms with van der Waals surface area (Å²) in [6, 6.07) is 16.3. The van der Waals surface area contributed by atoms with Gasteiger partial charge >= 0.3 is 0 Å². The molecule has 0 aliphatic carbocycles. The zero-order valence-electron chi connectivity index (χ0n) is 13.4. The van der Waals surface area contributed by atoms with Crippen LogP contribution < -0.4 is 10.5 Å². The lowest BCUT2D eigenvalue weighted by molar-refractivity contribution is 0.415. The van der Waals surface area contributed by atoms with Gasteiger partial charge in [0.1, 0.15) is 11.4 Å². The summed E-state index contributed by atoms with van der Waals surface area (Å²) in [6.07, 6.45) is 0. The lowest BCUT2D eigenvalue weighted by atomic mass is 10.1. The van der Waals surface area contributed by atoms with Crippen molar-refractivity contribution in [3.05, 3.63) is 65.4 Å². The number of hydrogen-bond donors (Lipinski definition) is 1. The maximum atomic E-state index is 5.84. The second kappa shape index (κ2) is 6.62. The number of methoxy groups -OCH3 is 1. The Bertz CT molecular complexity index is 793. The van der Waals surface area contributed by atoms with E-state index in [0.29, 0.717) is 13.1 Å². The standard InChI is InChI=1S/C18H20N4O/c1-13-6-8-14(9-7-13)12-22-18(17(11-19)20-21-22)15-4-3-5-16(10-15)23-2/h3-10H,11-12,19H2,1-2H3. The van der Waals surface area contributed by atoms with Crippen LogP contribution in [-0.2, 0) is 13.1 Å². The highest BCUT2D eigenvalue weighted by Gasteiger charge is 2.14. The molecular weight excluding hydrogens is 288 g/mol.